The molecule has 0 fully saturated rings. The molecule has 0 aliphatic carbocycles. The Balaban J connectivity index is 2.07. The van der Waals surface area contributed by atoms with E-state index in [1.54, 1.807) is 7.11 Å². The third-order valence-electron chi connectivity index (χ3n) is 3.53. The van der Waals surface area contributed by atoms with Crippen LogP contribution in [0.5, 0.6) is 0 Å². The third kappa shape index (κ3) is 4.16. The normalized spacial score (nSPS) is 10.7. The predicted molar refractivity (Wildman–Crippen MR) is 94.1 cm³/mol. The molecule has 0 unspecified atom stereocenters. The molecule has 0 heterocycles. The quantitative estimate of drug-likeness (QED) is 0.576. The minimum absolute atomic E-state index is 0.442. The number of rotatable bonds is 8. The lowest BCUT2D eigenvalue weighted by Gasteiger charge is -2.12. The van der Waals surface area contributed by atoms with Crippen molar-refractivity contribution in [2.75, 3.05) is 25.6 Å². The van der Waals surface area contributed by atoms with Gasteiger partial charge in [0.1, 0.15) is 4.99 Å². The molecular weight excluding hydrogens is 280 g/mol. The lowest BCUT2D eigenvalue weighted by molar-refractivity contribution is 0.192. The highest BCUT2D eigenvalue weighted by molar-refractivity contribution is 7.80. The molecule has 0 atom stereocenters. The molecule has 0 saturated carbocycles. The zero-order valence-electron chi connectivity index (χ0n) is 12.4. The van der Waals surface area contributed by atoms with Crippen molar-refractivity contribution in [1.29, 1.82) is 0 Å². The maximum Gasteiger partial charge on any atom is 0.104 e. The average Bonchev–Trinajstić information content (AvgIpc) is 2.50. The number of anilines is 1. The van der Waals surface area contributed by atoms with Crippen LogP contribution in [0.15, 0.2) is 36.4 Å². The second-order valence-electron chi connectivity index (χ2n) is 5.05. The van der Waals surface area contributed by atoms with Crippen LogP contribution in [0, 0.1) is 0 Å². The van der Waals surface area contributed by atoms with Crippen LogP contribution in [0.4, 0.5) is 5.69 Å². The molecule has 0 spiro atoms. The Hall–Kier alpha value is -1.65. The van der Waals surface area contributed by atoms with Gasteiger partial charge in [0.2, 0.25) is 0 Å². The van der Waals surface area contributed by atoms with E-state index in [0.29, 0.717) is 4.99 Å². The molecule has 3 N–H and O–H groups in total. The van der Waals surface area contributed by atoms with Crippen molar-refractivity contribution in [2.24, 2.45) is 5.73 Å². The minimum Gasteiger partial charge on any atom is -0.389 e. The smallest absolute Gasteiger partial charge is 0.104 e. The summed E-state index contributed by atoms with van der Waals surface area (Å²) in [5.41, 5.74) is 7.87. The van der Waals surface area contributed by atoms with Gasteiger partial charge in [-0.1, -0.05) is 36.5 Å². The lowest BCUT2D eigenvalue weighted by atomic mass is 10.0. The minimum atomic E-state index is 0.442. The number of fused-ring (bicyclic) bond motifs is 1. The molecule has 112 valence electrons. The van der Waals surface area contributed by atoms with E-state index in [0.717, 1.165) is 42.6 Å². The number of ether oxygens (including phenoxy) is 1. The van der Waals surface area contributed by atoms with E-state index in [2.05, 4.69) is 23.5 Å². The van der Waals surface area contributed by atoms with E-state index in [1.165, 1.54) is 11.8 Å². The van der Waals surface area contributed by atoms with Crippen molar-refractivity contribution in [2.45, 2.75) is 19.3 Å². The molecule has 4 heteroatoms. The van der Waals surface area contributed by atoms with Gasteiger partial charge in [-0.3, -0.25) is 0 Å². The van der Waals surface area contributed by atoms with Crippen LogP contribution in [0.25, 0.3) is 10.8 Å². The summed E-state index contributed by atoms with van der Waals surface area (Å²) in [6, 6.07) is 12.3. The Kier molecular flexibility index (Phi) is 5.96. The standard InChI is InChI=1S/C17H22N2OS/c1-20-12-6-2-5-11-19-16-10-9-15(17(18)21)13-7-3-4-8-14(13)16/h3-4,7-10,19H,2,5-6,11-12H2,1H3,(H2,18,21). The summed E-state index contributed by atoms with van der Waals surface area (Å²) in [6.07, 6.45) is 3.41. The first-order valence-corrected chi connectivity index (χ1v) is 7.69. The molecule has 0 amide bonds. The molecular formula is C17H22N2OS. The largest absolute Gasteiger partial charge is 0.389 e. The first-order chi connectivity index (χ1) is 10.2. The number of benzene rings is 2. The first kappa shape index (κ1) is 15.7. The number of hydrogen-bond donors (Lipinski definition) is 2. The van der Waals surface area contributed by atoms with E-state index in [-0.39, 0.29) is 0 Å². The third-order valence-corrected chi connectivity index (χ3v) is 3.75. The summed E-state index contributed by atoms with van der Waals surface area (Å²) in [6.45, 7) is 1.80. The monoisotopic (exact) mass is 302 g/mol. The summed E-state index contributed by atoms with van der Waals surface area (Å²) in [5.74, 6) is 0. The number of unbranched alkanes of at least 4 members (excludes halogenated alkanes) is 2. The van der Waals surface area contributed by atoms with E-state index in [9.17, 15) is 0 Å². The van der Waals surface area contributed by atoms with Gasteiger partial charge in [-0.05, 0) is 36.8 Å². The van der Waals surface area contributed by atoms with Gasteiger partial charge in [-0.2, -0.15) is 0 Å². The number of nitrogens with one attached hydrogen (secondary N) is 1. The molecule has 2 aromatic rings. The molecule has 0 saturated heterocycles. The molecule has 0 radical (unpaired) electrons. The fraction of sp³-hybridized carbons (Fsp3) is 0.353. The second-order valence-corrected chi connectivity index (χ2v) is 5.49. The van der Waals surface area contributed by atoms with Gasteiger partial charge >= 0.3 is 0 Å². The van der Waals surface area contributed by atoms with Crippen LogP contribution in [0.3, 0.4) is 0 Å². The first-order valence-electron chi connectivity index (χ1n) is 7.28. The van der Waals surface area contributed by atoms with Crippen molar-refractivity contribution in [3.8, 4) is 0 Å². The highest BCUT2D eigenvalue weighted by atomic mass is 32.1. The van der Waals surface area contributed by atoms with Crippen molar-refractivity contribution >= 4 is 33.7 Å². The zero-order chi connectivity index (χ0) is 15.1. The summed E-state index contributed by atoms with van der Waals surface area (Å²) < 4.78 is 5.06. The van der Waals surface area contributed by atoms with Crippen LogP contribution in [-0.2, 0) is 4.74 Å². The van der Waals surface area contributed by atoms with E-state index in [1.807, 2.05) is 18.2 Å². The molecule has 0 aliphatic heterocycles. The van der Waals surface area contributed by atoms with E-state index in [4.69, 9.17) is 22.7 Å². The highest BCUT2D eigenvalue weighted by Crippen LogP contribution is 2.26. The van der Waals surface area contributed by atoms with Gasteiger partial charge in [0.05, 0.1) is 0 Å². The molecule has 2 aromatic carbocycles. The van der Waals surface area contributed by atoms with Gasteiger partial charge in [0.15, 0.2) is 0 Å². The van der Waals surface area contributed by atoms with Gasteiger partial charge in [-0.25, -0.2) is 0 Å². The Morgan fingerprint density at radius 1 is 1.10 bits per heavy atom. The van der Waals surface area contributed by atoms with Gasteiger partial charge in [0, 0.05) is 36.9 Å². The van der Waals surface area contributed by atoms with Gasteiger partial charge < -0.3 is 15.8 Å². The van der Waals surface area contributed by atoms with E-state index >= 15 is 0 Å². The lowest BCUT2D eigenvalue weighted by Crippen LogP contribution is -2.10. The van der Waals surface area contributed by atoms with Crippen LogP contribution < -0.4 is 11.1 Å². The molecule has 2 rings (SSSR count). The molecule has 3 nitrogen and oxygen atoms in total. The van der Waals surface area contributed by atoms with Gasteiger partial charge in [0.25, 0.3) is 0 Å². The summed E-state index contributed by atoms with van der Waals surface area (Å²) in [5, 5.41) is 5.78. The summed E-state index contributed by atoms with van der Waals surface area (Å²) in [4.78, 5) is 0.442. The second kappa shape index (κ2) is 7.96. The summed E-state index contributed by atoms with van der Waals surface area (Å²) >= 11 is 5.13. The summed E-state index contributed by atoms with van der Waals surface area (Å²) in [7, 11) is 1.74. The van der Waals surface area contributed by atoms with Crippen LogP contribution in [0.2, 0.25) is 0 Å². The maximum atomic E-state index is 5.80. The maximum absolute atomic E-state index is 5.80. The van der Waals surface area contributed by atoms with Crippen LogP contribution >= 0.6 is 12.2 Å². The fourth-order valence-corrected chi connectivity index (χ4v) is 2.62. The van der Waals surface area contributed by atoms with Crippen molar-refractivity contribution < 1.29 is 4.74 Å². The average molecular weight is 302 g/mol. The Labute approximate surface area is 131 Å². The number of methoxy groups -OCH3 is 1. The van der Waals surface area contributed by atoms with Crippen molar-refractivity contribution in [1.82, 2.24) is 0 Å². The number of nitrogens with two attached hydrogens (primary N) is 1. The predicted octanol–water partition coefficient (Wildman–Crippen LogP) is 3.70. The van der Waals surface area contributed by atoms with Crippen LogP contribution in [-0.4, -0.2) is 25.2 Å². The Morgan fingerprint density at radius 2 is 1.86 bits per heavy atom. The SMILES string of the molecule is COCCCCCNc1ccc(C(N)=S)c2ccccc12. The molecule has 0 bridgehead atoms. The molecule has 0 aromatic heterocycles. The highest BCUT2D eigenvalue weighted by Gasteiger charge is 2.06. The van der Waals surface area contributed by atoms with Gasteiger partial charge in [-0.15, -0.1) is 0 Å². The Bertz CT molecular complexity index is 613. The number of hydrogen-bond acceptors (Lipinski definition) is 3. The Morgan fingerprint density at radius 3 is 2.57 bits per heavy atom. The molecule has 21 heavy (non-hydrogen) atoms. The van der Waals surface area contributed by atoms with Crippen LogP contribution in [0.1, 0.15) is 24.8 Å². The van der Waals surface area contributed by atoms with Crippen molar-refractivity contribution in [3.63, 3.8) is 0 Å². The zero-order valence-corrected chi connectivity index (χ0v) is 13.2. The number of thiocarbonyl (C=S) groups is 1. The van der Waals surface area contributed by atoms with Crippen molar-refractivity contribution in [3.05, 3.63) is 42.0 Å². The fourth-order valence-electron chi connectivity index (χ4n) is 2.44. The molecule has 0 aliphatic rings. The topological polar surface area (TPSA) is 47.3 Å². The van der Waals surface area contributed by atoms with E-state index < -0.39 is 0 Å².